The van der Waals surface area contributed by atoms with Gasteiger partial charge in [-0.2, -0.15) is 0 Å². The number of hydrogen-bond acceptors (Lipinski definition) is 4. The Bertz CT molecular complexity index is 405. The summed E-state index contributed by atoms with van der Waals surface area (Å²) in [5.41, 5.74) is 2.58. The molecule has 1 N–H and O–H groups in total. The first-order valence-electron chi connectivity index (χ1n) is 7.30. The summed E-state index contributed by atoms with van der Waals surface area (Å²) >= 11 is 0. The predicted octanol–water partition coefficient (Wildman–Crippen LogP) is 2.35. The molecule has 0 bridgehead atoms. The van der Waals surface area contributed by atoms with Crippen LogP contribution in [0.5, 0.6) is 0 Å². The molecule has 2 rings (SSSR count). The predicted molar refractivity (Wildman–Crippen MR) is 79.5 cm³/mol. The first-order chi connectivity index (χ1) is 9.06. The van der Waals surface area contributed by atoms with Crippen LogP contribution in [0.3, 0.4) is 0 Å². The standard InChI is InChI=1S/C15H26N4/c1-11(2)8-12(9-19(3)4)18-15-13-6-5-7-14(13)16-10-17-15/h10-12H,5-9H2,1-4H3,(H,16,17,18). The van der Waals surface area contributed by atoms with Crippen molar-refractivity contribution < 1.29 is 0 Å². The van der Waals surface area contributed by atoms with E-state index >= 15 is 0 Å². The topological polar surface area (TPSA) is 41.0 Å². The smallest absolute Gasteiger partial charge is 0.133 e. The average molecular weight is 262 g/mol. The number of aryl methyl sites for hydroxylation is 1. The SMILES string of the molecule is CC(C)CC(CN(C)C)Nc1ncnc2c1CCC2. The number of aromatic nitrogens is 2. The van der Waals surface area contributed by atoms with Gasteiger partial charge in [-0.25, -0.2) is 9.97 Å². The van der Waals surface area contributed by atoms with Crippen molar-refractivity contribution in [2.45, 2.75) is 45.6 Å². The molecule has 1 heterocycles. The molecule has 1 aliphatic carbocycles. The van der Waals surface area contributed by atoms with Crippen LogP contribution in [-0.4, -0.2) is 41.5 Å². The monoisotopic (exact) mass is 262 g/mol. The molecule has 1 atom stereocenters. The fraction of sp³-hybridized carbons (Fsp3) is 0.733. The molecule has 0 spiro atoms. The quantitative estimate of drug-likeness (QED) is 0.854. The molecule has 0 saturated carbocycles. The van der Waals surface area contributed by atoms with Crippen LogP contribution in [0.25, 0.3) is 0 Å². The van der Waals surface area contributed by atoms with Gasteiger partial charge in [-0.3, -0.25) is 0 Å². The number of fused-ring (bicyclic) bond motifs is 1. The van der Waals surface area contributed by atoms with Crippen molar-refractivity contribution >= 4 is 5.82 Å². The van der Waals surface area contributed by atoms with Gasteiger partial charge in [0.15, 0.2) is 0 Å². The van der Waals surface area contributed by atoms with Crippen LogP contribution in [0, 0.1) is 5.92 Å². The molecule has 1 aromatic heterocycles. The normalized spacial score (nSPS) is 15.9. The second-order valence-electron chi connectivity index (χ2n) is 6.23. The van der Waals surface area contributed by atoms with E-state index in [1.54, 1.807) is 6.33 Å². The number of nitrogens with one attached hydrogen (secondary N) is 1. The molecule has 0 amide bonds. The summed E-state index contributed by atoms with van der Waals surface area (Å²) in [6.07, 6.45) is 6.31. The van der Waals surface area contributed by atoms with Crippen molar-refractivity contribution in [3.05, 3.63) is 17.6 Å². The highest BCUT2D eigenvalue weighted by Gasteiger charge is 2.20. The van der Waals surface area contributed by atoms with Gasteiger partial charge in [-0.1, -0.05) is 13.8 Å². The van der Waals surface area contributed by atoms with Gasteiger partial charge in [0.1, 0.15) is 12.1 Å². The van der Waals surface area contributed by atoms with Gasteiger partial charge < -0.3 is 10.2 Å². The average Bonchev–Trinajstić information content (AvgIpc) is 2.76. The van der Waals surface area contributed by atoms with Crippen LogP contribution < -0.4 is 5.32 Å². The Morgan fingerprint density at radius 1 is 1.26 bits per heavy atom. The Labute approximate surface area is 116 Å². The minimum absolute atomic E-state index is 0.453. The van der Waals surface area contributed by atoms with E-state index in [-0.39, 0.29) is 0 Å². The van der Waals surface area contributed by atoms with Gasteiger partial charge >= 0.3 is 0 Å². The summed E-state index contributed by atoms with van der Waals surface area (Å²) in [6, 6.07) is 0.453. The van der Waals surface area contributed by atoms with Crippen molar-refractivity contribution in [3.8, 4) is 0 Å². The van der Waals surface area contributed by atoms with Crippen LogP contribution >= 0.6 is 0 Å². The summed E-state index contributed by atoms with van der Waals surface area (Å²) in [6.45, 7) is 5.58. The molecule has 0 aromatic carbocycles. The summed E-state index contributed by atoms with van der Waals surface area (Å²) in [4.78, 5) is 11.1. The van der Waals surface area contributed by atoms with Crippen LogP contribution in [0.4, 0.5) is 5.82 Å². The number of anilines is 1. The van der Waals surface area contributed by atoms with E-state index in [4.69, 9.17) is 0 Å². The highest BCUT2D eigenvalue weighted by molar-refractivity contribution is 5.48. The Morgan fingerprint density at radius 2 is 2.05 bits per heavy atom. The molecule has 1 unspecified atom stereocenters. The number of nitrogens with zero attached hydrogens (tertiary/aromatic N) is 3. The van der Waals surface area contributed by atoms with Gasteiger partial charge in [0, 0.05) is 23.8 Å². The van der Waals surface area contributed by atoms with Crippen molar-refractivity contribution in [3.63, 3.8) is 0 Å². The van der Waals surface area contributed by atoms with E-state index < -0.39 is 0 Å². The second kappa shape index (κ2) is 6.33. The van der Waals surface area contributed by atoms with Crippen molar-refractivity contribution in [1.29, 1.82) is 0 Å². The lowest BCUT2D eigenvalue weighted by atomic mass is 10.0. The fourth-order valence-corrected chi connectivity index (χ4v) is 2.87. The molecular formula is C15H26N4. The molecule has 4 heteroatoms. The third-order valence-corrected chi connectivity index (χ3v) is 3.56. The van der Waals surface area contributed by atoms with Gasteiger partial charge in [0.2, 0.25) is 0 Å². The zero-order valence-corrected chi connectivity index (χ0v) is 12.6. The van der Waals surface area contributed by atoms with Gasteiger partial charge in [0.25, 0.3) is 0 Å². The third-order valence-electron chi connectivity index (χ3n) is 3.56. The maximum absolute atomic E-state index is 4.46. The lowest BCUT2D eigenvalue weighted by Gasteiger charge is -2.25. The first kappa shape index (κ1) is 14.3. The highest BCUT2D eigenvalue weighted by atomic mass is 15.1. The second-order valence-corrected chi connectivity index (χ2v) is 6.23. The molecule has 106 valence electrons. The van der Waals surface area contributed by atoms with Crippen LogP contribution in [0.2, 0.25) is 0 Å². The van der Waals surface area contributed by atoms with Crippen LogP contribution in [0.1, 0.15) is 37.9 Å². The Hall–Kier alpha value is -1.16. The molecule has 4 nitrogen and oxygen atoms in total. The molecule has 1 aromatic rings. The van der Waals surface area contributed by atoms with E-state index in [1.165, 1.54) is 17.7 Å². The van der Waals surface area contributed by atoms with E-state index in [2.05, 4.69) is 48.1 Å². The molecule has 19 heavy (non-hydrogen) atoms. The number of hydrogen-bond donors (Lipinski definition) is 1. The summed E-state index contributed by atoms with van der Waals surface area (Å²) < 4.78 is 0. The molecule has 1 aliphatic rings. The lowest BCUT2D eigenvalue weighted by Crippen LogP contribution is -2.34. The molecule has 0 fully saturated rings. The Morgan fingerprint density at radius 3 is 2.74 bits per heavy atom. The van der Waals surface area contributed by atoms with Gasteiger partial charge in [-0.05, 0) is 45.7 Å². The van der Waals surface area contributed by atoms with Crippen molar-refractivity contribution in [2.24, 2.45) is 5.92 Å². The molecule has 0 aliphatic heterocycles. The van der Waals surface area contributed by atoms with Gasteiger partial charge in [-0.15, -0.1) is 0 Å². The van der Waals surface area contributed by atoms with E-state index in [1.807, 2.05) is 0 Å². The molecule has 0 saturated heterocycles. The number of likely N-dealkylation sites (N-methyl/N-ethyl adjacent to an activating group) is 1. The van der Waals surface area contributed by atoms with E-state index in [0.29, 0.717) is 12.0 Å². The maximum Gasteiger partial charge on any atom is 0.133 e. The number of rotatable bonds is 6. The summed E-state index contributed by atoms with van der Waals surface area (Å²) in [5, 5.41) is 3.65. The molecule has 0 radical (unpaired) electrons. The zero-order chi connectivity index (χ0) is 13.8. The Balaban J connectivity index is 2.10. The fourth-order valence-electron chi connectivity index (χ4n) is 2.87. The van der Waals surface area contributed by atoms with Gasteiger partial charge in [0.05, 0.1) is 0 Å². The summed E-state index contributed by atoms with van der Waals surface area (Å²) in [5.74, 6) is 1.75. The largest absolute Gasteiger partial charge is 0.366 e. The third kappa shape index (κ3) is 3.90. The van der Waals surface area contributed by atoms with Crippen LogP contribution in [0.15, 0.2) is 6.33 Å². The van der Waals surface area contributed by atoms with Crippen molar-refractivity contribution in [1.82, 2.24) is 14.9 Å². The first-order valence-corrected chi connectivity index (χ1v) is 7.30. The zero-order valence-electron chi connectivity index (χ0n) is 12.6. The summed E-state index contributed by atoms with van der Waals surface area (Å²) in [7, 11) is 4.25. The molecular weight excluding hydrogens is 236 g/mol. The minimum atomic E-state index is 0.453. The highest BCUT2D eigenvalue weighted by Crippen LogP contribution is 2.26. The lowest BCUT2D eigenvalue weighted by molar-refractivity contribution is 0.356. The minimum Gasteiger partial charge on any atom is -0.366 e. The van der Waals surface area contributed by atoms with E-state index in [0.717, 1.165) is 31.6 Å². The van der Waals surface area contributed by atoms with E-state index in [9.17, 15) is 0 Å². The maximum atomic E-state index is 4.46. The van der Waals surface area contributed by atoms with Crippen LogP contribution in [-0.2, 0) is 12.8 Å². The Kier molecular flexibility index (Phi) is 4.75. The van der Waals surface area contributed by atoms with Crippen molar-refractivity contribution in [2.75, 3.05) is 26.0 Å².